The standard InChI is InChI=1S/C16H22BNO3/c1-15(2)16(3,4)21-17(20-15)13-5-6-14-12(11-13)7-8-18(14)9-10-19/h5-8,11,19H,9-10H2,1-4H3. The van der Waals surface area contributed by atoms with Crippen molar-refractivity contribution < 1.29 is 14.4 Å². The molecule has 5 heteroatoms. The molecule has 2 heterocycles. The van der Waals surface area contributed by atoms with E-state index in [0.29, 0.717) is 6.54 Å². The molecule has 0 spiro atoms. The molecule has 1 N–H and O–H groups in total. The first-order chi connectivity index (χ1) is 9.84. The third-order valence-corrected chi connectivity index (χ3v) is 4.66. The van der Waals surface area contributed by atoms with E-state index >= 15 is 0 Å². The average Bonchev–Trinajstić information content (AvgIpc) is 2.89. The highest BCUT2D eigenvalue weighted by atomic mass is 16.7. The van der Waals surface area contributed by atoms with Crippen LogP contribution in [-0.4, -0.2) is 34.6 Å². The van der Waals surface area contributed by atoms with E-state index in [1.807, 2.05) is 16.8 Å². The van der Waals surface area contributed by atoms with Gasteiger partial charge < -0.3 is 19.0 Å². The van der Waals surface area contributed by atoms with Gasteiger partial charge in [-0.1, -0.05) is 12.1 Å². The SMILES string of the molecule is CC1(C)OB(c2ccc3c(ccn3CCO)c2)OC1(C)C. The maximum Gasteiger partial charge on any atom is 0.494 e. The molecule has 2 aromatic rings. The molecular weight excluding hydrogens is 265 g/mol. The molecule has 1 aromatic carbocycles. The number of aliphatic hydroxyl groups excluding tert-OH is 1. The van der Waals surface area contributed by atoms with E-state index in [1.165, 1.54) is 0 Å². The van der Waals surface area contributed by atoms with Gasteiger partial charge in [-0.3, -0.25) is 0 Å². The number of hydrogen-bond donors (Lipinski definition) is 1. The van der Waals surface area contributed by atoms with Gasteiger partial charge in [-0.05, 0) is 50.7 Å². The van der Waals surface area contributed by atoms with Gasteiger partial charge in [-0.15, -0.1) is 0 Å². The minimum absolute atomic E-state index is 0.142. The molecule has 4 nitrogen and oxygen atoms in total. The summed E-state index contributed by atoms with van der Waals surface area (Å²) in [6.45, 7) is 8.99. The summed E-state index contributed by atoms with van der Waals surface area (Å²) >= 11 is 0. The topological polar surface area (TPSA) is 43.6 Å². The molecule has 21 heavy (non-hydrogen) atoms. The molecule has 1 fully saturated rings. The number of aromatic nitrogens is 1. The molecule has 1 saturated heterocycles. The number of benzene rings is 1. The molecule has 1 aliphatic heterocycles. The van der Waals surface area contributed by atoms with E-state index in [4.69, 9.17) is 14.4 Å². The molecular formula is C16H22BNO3. The molecule has 0 amide bonds. The minimum atomic E-state index is -0.333. The normalized spacial score (nSPS) is 20.3. The van der Waals surface area contributed by atoms with Crippen LogP contribution in [0.4, 0.5) is 0 Å². The van der Waals surface area contributed by atoms with E-state index < -0.39 is 0 Å². The largest absolute Gasteiger partial charge is 0.494 e. The lowest BCUT2D eigenvalue weighted by molar-refractivity contribution is 0.00578. The molecule has 1 aliphatic rings. The molecule has 0 saturated carbocycles. The maximum atomic E-state index is 9.08. The Morgan fingerprint density at radius 2 is 1.76 bits per heavy atom. The highest BCUT2D eigenvalue weighted by Crippen LogP contribution is 2.36. The van der Waals surface area contributed by atoms with E-state index in [9.17, 15) is 0 Å². The van der Waals surface area contributed by atoms with Crippen LogP contribution < -0.4 is 5.46 Å². The fraction of sp³-hybridized carbons (Fsp3) is 0.500. The monoisotopic (exact) mass is 287 g/mol. The van der Waals surface area contributed by atoms with Gasteiger partial charge in [0.2, 0.25) is 0 Å². The summed E-state index contributed by atoms with van der Waals surface area (Å²) in [5.41, 5.74) is 1.50. The third-order valence-electron chi connectivity index (χ3n) is 4.66. The quantitative estimate of drug-likeness (QED) is 0.877. The summed E-state index contributed by atoms with van der Waals surface area (Å²) in [6.07, 6.45) is 1.99. The Labute approximate surface area is 125 Å². The zero-order valence-corrected chi connectivity index (χ0v) is 13.1. The van der Waals surface area contributed by atoms with Crippen LogP contribution in [0.25, 0.3) is 10.9 Å². The van der Waals surface area contributed by atoms with E-state index in [2.05, 4.69) is 45.9 Å². The first kappa shape index (κ1) is 14.6. The van der Waals surface area contributed by atoms with E-state index in [-0.39, 0.29) is 24.9 Å². The minimum Gasteiger partial charge on any atom is -0.399 e. The van der Waals surface area contributed by atoms with Gasteiger partial charge in [-0.2, -0.15) is 0 Å². The van der Waals surface area contributed by atoms with Gasteiger partial charge >= 0.3 is 7.12 Å². The van der Waals surface area contributed by atoms with Crippen LogP contribution in [0.5, 0.6) is 0 Å². The number of hydrogen-bond acceptors (Lipinski definition) is 3. The lowest BCUT2D eigenvalue weighted by atomic mass is 9.79. The average molecular weight is 287 g/mol. The molecule has 0 bridgehead atoms. The van der Waals surface area contributed by atoms with Gasteiger partial charge in [0.05, 0.1) is 17.8 Å². The molecule has 0 atom stereocenters. The van der Waals surface area contributed by atoms with Crippen LogP contribution in [0, 0.1) is 0 Å². The Bertz CT molecular complexity index is 647. The second-order valence-electron chi connectivity index (χ2n) is 6.64. The molecule has 0 unspecified atom stereocenters. The van der Waals surface area contributed by atoms with Crippen LogP contribution in [0.1, 0.15) is 27.7 Å². The summed E-state index contributed by atoms with van der Waals surface area (Å²) < 4.78 is 14.2. The fourth-order valence-corrected chi connectivity index (χ4v) is 2.65. The lowest BCUT2D eigenvalue weighted by Gasteiger charge is -2.32. The smallest absolute Gasteiger partial charge is 0.399 e. The Kier molecular flexibility index (Phi) is 3.39. The van der Waals surface area contributed by atoms with Crippen LogP contribution in [0.2, 0.25) is 0 Å². The molecule has 1 aromatic heterocycles. The number of aliphatic hydroxyl groups is 1. The van der Waals surface area contributed by atoms with Crippen molar-refractivity contribution in [2.75, 3.05) is 6.61 Å². The Morgan fingerprint density at radius 3 is 2.38 bits per heavy atom. The predicted molar refractivity (Wildman–Crippen MR) is 84.7 cm³/mol. The molecule has 112 valence electrons. The van der Waals surface area contributed by atoms with Gasteiger partial charge in [0.15, 0.2) is 0 Å². The van der Waals surface area contributed by atoms with Crippen LogP contribution in [-0.2, 0) is 15.9 Å². The Morgan fingerprint density at radius 1 is 1.10 bits per heavy atom. The summed E-state index contributed by atoms with van der Waals surface area (Å²) in [5.74, 6) is 0. The van der Waals surface area contributed by atoms with E-state index in [1.54, 1.807) is 0 Å². The van der Waals surface area contributed by atoms with Crippen molar-refractivity contribution in [3.05, 3.63) is 30.5 Å². The third kappa shape index (κ3) is 2.39. The van der Waals surface area contributed by atoms with Crippen molar-refractivity contribution in [1.29, 1.82) is 0 Å². The Balaban J connectivity index is 1.92. The van der Waals surface area contributed by atoms with Crippen molar-refractivity contribution in [2.24, 2.45) is 0 Å². The predicted octanol–water partition coefficient (Wildman–Crippen LogP) is 1.93. The fourth-order valence-electron chi connectivity index (χ4n) is 2.65. The summed E-state index contributed by atoms with van der Waals surface area (Å²) in [4.78, 5) is 0. The first-order valence-corrected chi connectivity index (χ1v) is 7.39. The maximum absolute atomic E-state index is 9.08. The summed E-state index contributed by atoms with van der Waals surface area (Å²) in [7, 11) is -0.333. The highest BCUT2D eigenvalue weighted by molar-refractivity contribution is 6.62. The van der Waals surface area contributed by atoms with Crippen molar-refractivity contribution in [2.45, 2.75) is 45.4 Å². The van der Waals surface area contributed by atoms with Crippen molar-refractivity contribution in [3.8, 4) is 0 Å². The second-order valence-corrected chi connectivity index (χ2v) is 6.64. The number of fused-ring (bicyclic) bond motifs is 1. The molecule has 3 rings (SSSR count). The number of nitrogens with zero attached hydrogens (tertiary/aromatic N) is 1. The van der Waals surface area contributed by atoms with Crippen molar-refractivity contribution in [3.63, 3.8) is 0 Å². The second kappa shape index (κ2) is 4.87. The molecule has 0 radical (unpaired) electrons. The summed E-state index contributed by atoms with van der Waals surface area (Å²) in [6, 6.07) is 8.26. The highest BCUT2D eigenvalue weighted by Gasteiger charge is 2.51. The van der Waals surface area contributed by atoms with Gasteiger partial charge in [0, 0.05) is 18.3 Å². The van der Waals surface area contributed by atoms with Gasteiger partial charge in [0.25, 0.3) is 0 Å². The molecule has 0 aliphatic carbocycles. The van der Waals surface area contributed by atoms with Crippen LogP contribution in [0.3, 0.4) is 0 Å². The zero-order chi connectivity index (χ0) is 15.3. The van der Waals surface area contributed by atoms with Gasteiger partial charge in [-0.25, -0.2) is 0 Å². The van der Waals surface area contributed by atoms with Crippen LogP contribution in [0.15, 0.2) is 30.5 Å². The summed E-state index contributed by atoms with van der Waals surface area (Å²) in [5, 5.41) is 10.2. The first-order valence-electron chi connectivity index (χ1n) is 7.39. The lowest BCUT2D eigenvalue weighted by Crippen LogP contribution is -2.41. The van der Waals surface area contributed by atoms with Crippen molar-refractivity contribution in [1.82, 2.24) is 4.57 Å². The van der Waals surface area contributed by atoms with Gasteiger partial charge in [0.1, 0.15) is 0 Å². The van der Waals surface area contributed by atoms with Crippen LogP contribution >= 0.6 is 0 Å². The Hall–Kier alpha value is -1.30. The van der Waals surface area contributed by atoms with E-state index in [0.717, 1.165) is 16.4 Å². The zero-order valence-electron chi connectivity index (χ0n) is 13.1. The number of rotatable bonds is 3. The van der Waals surface area contributed by atoms with Crippen molar-refractivity contribution >= 4 is 23.5 Å².